The second-order valence-corrected chi connectivity index (χ2v) is 4.53. The normalized spacial score (nSPS) is 11.1. The average molecular weight is 207 g/mol. The minimum atomic E-state index is -0.883. The maximum Gasteiger partial charge on any atom is 0.408 e. The molecule has 1 aromatic carbocycles. The smallest absolute Gasteiger partial charge is 0.408 e. The molecular weight excluding hydrogens is 190 g/mol. The molecule has 0 heterocycles. The number of hydrogen-bond acceptors (Lipinski definition) is 1. The Bertz CT molecular complexity index is 327. The number of benzene rings is 1. The van der Waals surface area contributed by atoms with Gasteiger partial charge in [0.2, 0.25) is 0 Å². The molecule has 15 heavy (non-hydrogen) atoms. The van der Waals surface area contributed by atoms with Crippen LogP contribution < -0.4 is 0 Å². The van der Waals surface area contributed by atoms with Crippen LogP contribution in [0.25, 0.3) is 0 Å². The molecule has 0 aliphatic carbocycles. The maximum atomic E-state index is 11.1. The highest BCUT2D eigenvalue weighted by Gasteiger charge is 2.25. The van der Waals surface area contributed by atoms with Crippen molar-refractivity contribution in [3.8, 4) is 0 Å². The van der Waals surface area contributed by atoms with E-state index >= 15 is 0 Å². The summed E-state index contributed by atoms with van der Waals surface area (Å²) in [5, 5.41) is 9.10. The molecule has 1 aromatic rings. The highest BCUT2D eigenvalue weighted by Crippen LogP contribution is 2.17. The molecule has 0 radical (unpaired) electrons. The Morgan fingerprint density at radius 2 is 1.80 bits per heavy atom. The van der Waals surface area contributed by atoms with E-state index in [-0.39, 0.29) is 5.54 Å². The van der Waals surface area contributed by atoms with Crippen LogP contribution >= 0.6 is 0 Å². The third kappa shape index (κ3) is 3.27. The third-order valence-electron chi connectivity index (χ3n) is 2.22. The van der Waals surface area contributed by atoms with Crippen LogP contribution in [0.1, 0.15) is 26.3 Å². The van der Waals surface area contributed by atoms with Gasteiger partial charge in [-0.05, 0) is 26.3 Å². The predicted molar refractivity (Wildman–Crippen MR) is 59.8 cm³/mol. The summed E-state index contributed by atoms with van der Waals surface area (Å²) in [5.74, 6) is 0. The van der Waals surface area contributed by atoms with E-state index in [1.807, 2.05) is 51.1 Å². The lowest BCUT2D eigenvalue weighted by atomic mass is 10.1. The zero-order valence-corrected chi connectivity index (χ0v) is 9.40. The summed E-state index contributed by atoms with van der Waals surface area (Å²) in [6, 6.07) is 9.62. The molecule has 0 atom stereocenters. The lowest BCUT2D eigenvalue weighted by molar-refractivity contribution is 0.0955. The van der Waals surface area contributed by atoms with Crippen molar-refractivity contribution in [2.45, 2.75) is 32.9 Å². The Morgan fingerprint density at radius 3 is 2.20 bits per heavy atom. The Hall–Kier alpha value is -1.51. The van der Waals surface area contributed by atoms with Crippen LogP contribution in [0.15, 0.2) is 30.3 Å². The summed E-state index contributed by atoms with van der Waals surface area (Å²) in [4.78, 5) is 12.5. The van der Waals surface area contributed by atoms with E-state index in [0.717, 1.165) is 5.56 Å². The Balaban J connectivity index is 2.82. The SMILES string of the molecule is CC(C)(C)N(Cc1ccccc1)C(=O)O. The topological polar surface area (TPSA) is 40.5 Å². The summed E-state index contributed by atoms with van der Waals surface area (Å²) in [6.07, 6.45) is -0.883. The van der Waals surface area contributed by atoms with Gasteiger partial charge in [-0.1, -0.05) is 30.3 Å². The maximum absolute atomic E-state index is 11.1. The molecule has 0 aliphatic heterocycles. The van der Waals surface area contributed by atoms with E-state index in [1.165, 1.54) is 4.90 Å². The van der Waals surface area contributed by atoms with Crippen molar-refractivity contribution in [3.63, 3.8) is 0 Å². The zero-order valence-electron chi connectivity index (χ0n) is 9.40. The van der Waals surface area contributed by atoms with Crippen LogP contribution in [-0.4, -0.2) is 21.6 Å². The van der Waals surface area contributed by atoms with Gasteiger partial charge in [0, 0.05) is 12.1 Å². The number of nitrogens with zero attached hydrogens (tertiary/aromatic N) is 1. The standard InChI is InChI=1S/C12H17NO2/c1-12(2,3)13(11(14)15)9-10-7-5-4-6-8-10/h4-8H,9H2,1-3H3,(H,14,15). The molecule has 0 saturated carbocycles. The van der Waals surface area contributed by atoms with Gasteiger partial charge >= 0.3 is 6.09 Å². The highest BCUT2D eigenvalue weighted by atomic mass is 16.4. The van der Waals surface area contributed by atoms with Gasteiger partial charge in [0.05, 0.1) is 0 Å². The van der Waals surface area contributed by atoms with E-state index in [9.17, 15) is 4.79 Å². The van der Waals surface area contributed by atoms with E-state index in [0.29, 0.717) is 6.54 Å². The Morgan fingerprint density at radius 1 is 1.27 bits per heavy atom. The minimum Gasteiger partial charge on any atom is -0.465 e. The van der Waals surface area contributed by atoms with Crippen molar-refractivity contribution >= 4 is 6.09 Å². The van der Waals surface area contributed by atoms with Gasteiger partial charge in [0.1, 0.15) is 0 Å². The monoisotopic (exact) mass is 207 g/mol. The summed E-state index contributed by atoms with van der Waals surface area (Å²) in [6.45, 7) is 6.11. The van der Waals surface area contributed by atoms with Crippen LogP contribution in [0, 0.1) is 0 Å². The van der Waals surface area contributed by atoms with Crippen LogP contribution in [0.2, 0.25) is 0 Å². The summed E-state index contributed by atoms with van der Waals surface area (Å²) >= 11 is 0. The lowest BCUT2D eigenvalue weighted by Gasteiger charge is -2.33. The second-order valence-electron chi connectivity index (χ2n) is 4.53. The van der Waals surface area contributed by atoms with Gasteiger partial charge in [-0.2, -0.15) is 0 Å². The first kappa shape index (κ1) is 11.6. The van der Waals surface area contributed by atoms with Crippen LogP contribution in [-0.2, 0) is 6.54 Å². The Labute approximate surface area is 90.3 Å². The molecule has 0 fully saturated rings. The molecular formula is C12H17NO2. The molecule has 1 amide bonds. The van der Waals surface area contributed by atoms with Crippen LogP contribution in [0.5, 0.6) is 0 Å². The van der Waals surface area contributed by atoms with Crippen LogP contribution in [0.4, 0.5) is 4.79 Å². The summed E-state index contributed by atoms with van der Waals surface area (Å²) in [7, 11) is 0. The molecule has 0 aliphatic rings. The quantitative estimate of drug-likeness (QED) is 0.810. The van der Waals surface area contributed by atoms with Crippen molar-refractivity contribution in [2.75, 3.05) is 0 Å². The fraction of sp³-hybridized carbons (Fsp3) is 0.417. The predicted octanol–water partition coefficient (Wildman–Crippen LogP) is 2.97. The molecule has 0 aromatic heterocycles. The van der Waals surface area contributed by atoms with E-state index in [1.54, 1.807) is 0 Å². The Kier molecular flexibility index (Phi) is 3.35. The molecule has 3 nitrogen and oxygen atoms in total. The number of rotatable bonds is 2. The van der Waals surface area contributed by atoms with Gasteiger partial charge in [-0.3, -0.25) is 4.90 Å². The van der Waals surface area contributed by atoms with E-state index in [4.69, 9.17) is 5.11 Å². The molecule has 3 heteroatoms. The summed E-state index contributed by atoms with van der Waals surface area (Å²) in [5.41, 5.74) is 0.636. The third-order valence-corrected chi connectivity index (χ3v) is 2.22. The highest BCUT2D eigenvalue weighted by molar-refractivity contribution is 5.66. The molecule has 1 N–H and O–H groups in total. The van der Waals surface area contributed by atoms with Crippen molar-refractivity contribution in [1.29, 1.82) is 0 Å². The van der Waals surface area contributed by atoms with E-state index in [2.05, 4.69) is 0 Å². The van der Waals surface area contributed by atoms with Crippen molar-refractivity contribution in [3.05, 3.63) is 35.9 Å². The van der Waals surface area contributed by atoms with Crippen LogP contribution in [0.3, 0.4) is 0 Å². The first-order valence-corrected chi connectivity index (χ1v) is 4.96. The van der Waals surface area contributed by atoms with Crippen molar-refractivity contribution in [2.24, 2.45) is 0 Å². The van der Waals surface area contributed by atoms with Crippen molar-refractivity contribution < 1.29 is 9.90 Å². The number of carboxylic acid groups (broad SMARTS) is 1. The second kappa shape index (κ2) is 4.34. The van der Waals surface area contributed by atoms with Gasteiger partial charge in [0.15, 0.2) is 0 Å². The number of carbonyl (C=O) groups is 1. The fourth-order valence-corrected chi connectivity index (χ4v) is 1.36. The summed E-state index contributed by atoms with van der Waals surface area (Å²) < 4.78 is 0. The minimum absolute atomic E-state index is 0.373. The largest absolute Gasteiger partial charge is 0.465 e. The molecule has 0 spiro atoms. The molecule has 0 bridgehead atoms. The van der Waals surface area contributed by atoms with Gasteiger partial charge in [0.25, 0.3) is 0 Å². The van der Waals surface area contributed by atoms with Crippen molar-refractivity contribution in [1.82, 2.24) is 4.90 Å². The number of amides is 1. The number of hydrogen-bond donors (Lipinski definition) is 1. The fourth-order valence-electron chi connectivity index (χ4n) is 1.36. The van der Waals surface area contributed by atoms with E-state index < -0.39 is 6.09 Å². The first-order valence-electron chi connectivity index (χ1n) is 4.96. The molecule has 0 saturated heterocycles. The first-order chi connectivity index (χ1) is 6.91. The molecule has 1 rings (SSSR count). The molecule has 0 unspecified atom stereocenters. The molecule has 82 valence electrons. The van der Waals surface area contributed by atoms with Gasteiger partial charge < -0.3 is 5.11 Å². The zero-order chi connectivity index (χ0) is 11.5. The average Bonchev–Trinajstić information content (AvgIpc) is 2.13. The van der Waals surface area contributed by atoms with Gasteiger partial charge in [-0.25, -0.2) is 4.79 Å². The van der Waals surface area contributed by atoms with Gasteiger partial charge in [-0.15, -0.1) is 0 Å². The lowest BCUT2D eigenvalue weighted by Crippen LogP contribution is -2.44.